The van der Waals surface area contributed by atoms with E-state index < -0.39 is 5.41 Å². The second-order valence-corrected chi connectivity index (χ2v) is 7.48. The Kier molecular flexibility index (Phi) is 4.91. The van der Waals surface area contributed by atoms with Crippen molar-refractivity contribution in [2.75, 3.05) is 12.4 Å². The number of phenols is 2. The van der Waals surface area contributed by atoms with Crippen molar-refractivity contribution in [2.45, 2.75) is 18.3 Å². The van der Waals surface area contributed by atoms with Crippen LogP contribution in [0.5, 0.6) is 11.5 Å². The molecule has 0 aromatic heterocycles. The largest absolute Gasteiger partial charge is 0.504 e. The lowest BCUT2D eigenvalue weighted by molar-refractivity contribution is -0.118. The molecule has 0 aliphatic heterocycles. The number of phenolic OH excluding ortho intramolecular Hbond substituents is 2. The number of amides is 2. The molecular weight excluding hydrogens is 380 g/mol. The number of hydrogen-bond donors (Lipinski definition) is 4. The molecule has 3 aromatic carbocycles. The molecule has 1 aliphatic carbocycles. The van der Waals surface area contributed by atoms with Gasteiger partial charge in [-0.2, -0.15) is 0 Å². The predicted molar refractivity (Wildman–Crippen MR) is 115 cm³/mol. The maximum Gasteiger partial charge on any atom is 0.251 e. The summed E-state index contributed by atoms with van der Waals surface area (Å²) >= 11 is 0. The molecule has 2 amide bonds. The molecule has 0 radical (unpaired) electrons. The maximum absolute atomic E-state index is 13.0. The van der Waals surface area contributed by atoms with Gasteiger partial charge in [0, 0.05) is 18.3 Å². The van der Waals surface area contributed by atoms with Crippen LogP contribution in [-0.2, 0) is 10.2 Å². The van der Waals surface area contributed by atoms with Crippen LogP contribution in [-0.4, -0.2) is 29.1 Å². The minimum absolute atomic E-state index is 0.149. The highest BCUT2D eigenvalue weighted by Gasteiger charge is 2.51. The number of carbonyl (C=O) groups excluding carboxylic acids is 2. The quantitative estimate of drug-likeness (QED) is 0.488. The molecular formula is C24H22N2O4. The standard InChI is InChI=1S/C24H22N2O4/c1-25-22(29)17-6-2-4-15(12-17)16-5-3-7-19(13-16)26-23(30)24(10-11-24)18-8-9-20(27)21(28)14-18/h2-9,12-14,27-28H,10-11H2,1H3,(H,25,29)(H,26,30). The lowest BCUT2D eigenvalue weighted by Gasteiger charge is -2.17. The number of benzene rings is 3. The first kappa shape index (κ1) is 19.5. The average molecular weight is 402 g/mol. The van der Waals surface area contributed by atoms with Crippen LogP contribution in [0, 0.1) is 0 Å². The lowest BCUT2D eigenvalue weighted by Crippen LogP contribution is -2.27. The molecule has 0 unspecified atom stereocenters. The molecule has 0 atom stereocenters. The van der Waals surface area contributed by atoms with Crippen molar-refractivity contribution in [2.24, 2.45) is 0 Å². The topological polar surface area (TPSA) is 98.7 Å². The Bertz CT molecular complexity index is 1140. The number of rotatable bonds is 5. The fourth-order valence-electron chi connectivity index (χ4n) is 3.60. The van der Waals surface area contributed by atoms with Crippen LogP contribution >= 0.6 is 0 Å². The Morgan fingerprint density at radius 2 is 1.57 bits per heavy atom. The van der Waals surface area contributed by atoms with Crippen LogP contribution in [0.4, 0.5) is 5.69 Å². The van der Waals surface area contributed by atoms with Crippen molar-refractivity contribution in [3.8, 4) is 22.6 Å². The molecule has 1 saturated carbocycles. The van der Waals surface area contributed by atoms with Crippen molar-refractivity contribution in [3.63, 3.8) is 0 Å². The summed E-state index contributed by atoms with van der Waals surface area (Å²) in [7, 11) is 1.59. The number of aromatic hydroxyl groups is 2. The summed E-state index contributed by atoms with van der Waals surface area (Å²) in [6.45, 7) is 0. The summed E-state index contributed by atoms with van der Waals surface area (Å²) in [5, 5.41) is 24.9. The minimum atomic E-state index is -0.694. The minimum Gasteiger partial charge on any atom is -0.504 e. The molecule has 0 bridgehead atoms. The third-order valence-corrected chi connectivity index (χ3v) is 5.52. The van der Waals surface area contributed by atoms with Gasteiger partial charge in [0.2, 0.25) is 5.91 Å². The van der Waals surface area contributed by atoms with Gasteiger partial charge in [-0.15, -0.1) is 0 Å². The third-order valence-electron chi connectivity index (χ3n) is 5.52. The zero-order valence-corrected chi connectivity index (χ0v) is 16.5. The van der Waals surface area contributed by atoms with Crippen LogP contribution in [0.2, 0.25) is 0 Å². The van der Waals surface area contributed by atoms with E-state index >= 15 is 0 Å². The summed E-state index contributed by atoms with van der Waals surface area (Å²) in [4.78, 5) is 24.9. The van der Waals surface area contributed by atoms with Gasteiger partial charge in [-0.3, -0.25) is 9.59 Å². The van der Waals surface area contributed by atoms with Crippen LogP contribution < -0.4 is 10.6 Å². The van der Waals surface area contributed by atoms with E-state index in [4.69, 9.17) is 0 Å². The van der Waals surface area contributed by atoms with Crippen LogP contribution in [0.3, 0.4) is 0 Å². The van der Waals surface area contributed by atoms with E-state index in [0.717, 1.165) is 11.1 Å². The van der Waals surface area contributed by atoms with Crippen LogP contribution in [0.15, 0.2) is 66.7 Å². The van der Waals surface area contributed by atoms with Gasteiger partial charge in [0.05, 0.1) is 5.41 Å². The molecule has 4 rings (SSSR count). The molecule has 1 aliphatic rings. The fourth-order valence-corrected chi connectivity index (χ4v) is 3.60. The summed E-state index contributed by atoms with van der Waals surface area (Å²) in [5.74, 6) is -0.746. The predicted octanol–water partition coefficient (Wildman–Crippen LogP) is 3.79. The van der Waals surface area contributed by atoms with E-state index in [2.05, 4.69) is 10.6 Å². The Balaban J connectivity index is 1.57. The number of anilines is 1. The molecule has 6 nitrogen and oxygen atoms in total. The smallest absolute Gasteiger partial charge is 0.251 e. The molecule has 1 fully saturated rings. The highest BCUT2D eigenvalue weighted by Crippen LogP contribution is 2.50. The molecule has 3 aromatic rings. The van der Waals surface area contributed by atoms with Gasteiger partial charge in [0.1, 0.15) is 0 Å². The summed E-state index contributed by atoms with van der Waals surface area (Å²) in [5.41, 5.74) is 2.96. The van der Waals surface area contributed by atoms with E-state index in [0.29, 0.717) is 29.7 Å². The molecule has 4 N–H and O–H groups in total. The van der Waals surface area contributed by atoms with Crippen LogP contribution in [0.1, 0.15) is 28.8 Å². The molecule has 0 heterocycles. The molecule has 152 valence electrons. The number of carbonyl (C=O) groups is 2. The molecule has 0 spiro atoms. The SMILES string of the molecule is CNC(=O)c1cccc(-c2cccc(NC(=O)C3(c4ccc(O)c(O)c4)CC3)c2)c1. The van der Waals surface area contributed by atoms with E-state index in [9.17, 15) is 19.8 Å². The molecule has 6 heteroatoms. The second-order valence-electron chi connectivity index (χ2n) is 7.48. The first-order valence-electron chi connectivity index (χ1n) is 9.69. The van der Waals surface area contributed by atoms with Crippen molar-refractivity contribution in [3.05, 3.63) is 77.9 Å². The maximum atomic E-state index is 13.0. The first-order valence-corrected chi connectivity index (χ1v) is 9.69. The first-order chi connectivity index (χ1) is 14.4. The van der Waals surface area contributed by atoms with Gasteiger partial charge in [-0.1, -0.05) is 30.3 Å². The fraction of sp³-hybridized carbons (Fsp3) is 0.167. The Hall–Kier alpha value is -3.80. The Morgan fingerprint density at radius 1 is 0.867 bits per heavy atom. The van der Waals surface area contributed by atoms with Crippen LogP contribution in [0.25, 0.3) is 11.1 Å². The number of nitrogens with one attached hydrogen (secondary N) is 2. The van der Waals surface area contributed by atoms with E-state index in [-0.39, 0.29) is 23.3 Å². The highest BCUT2D eigenvalue weighted by atomic mass is 16.3. The molecule has 0 saturated heterocycles. The normalized spacial score (nSPS) is 14.0. The van der Waals surface area contributed by atoms with Gasteiger partial charge in [0.25, 0.3) is 5.91 Å². The van der Waals surface area contributed by atoms with Gasteiger partial charge in [-0.25, -0.2) is 0 Å². The summed E-state index contributed by atoms with van der Waals surface area (Å²) in [6.07, 6.45) is 1.35. The zero-order valence-electron chi connectivity index (χ0n) is 16.5. The van der Waals surface area contributed by atoms with Gasteiger partial charge in [-0.05, 0) is 65.9 Å². The summed E-state index contributed by atoms with van der Waals surface area (Å²) in [6, 6.07) is 19.3. The van der Waals surface area contributed by atoms with Crippen molar-refractivity contribution >= 4 is 17.5 Å². The third kappa shape index (κ3) is 3.59. The van der Waals surface area contributed by atoms with Crippen molar-refractivity contribution in [1.82, 2.24) is 5.32 Å². The monoisotopic (exact) mass is 402 g/mol. The van der Waals surface area contributed by atoms with Gasteiger partial charge in [0.15, 0.2) is 11.5 Å². The van der Waals surface area contributed by atoms with Gasteiger partial charge >= 0.3 is 0 Å². The number of hydrogen-bond acceptors (Lipinski definition) is 4. The van der Waals surface area contributed by atoms with Crippen molar-refractivity contribution < 1.29 is 19.8 Å². The van der Waals surface area contributed by atoms with Crippen molar-refractivity contribution in [1.29, 1.82) is 0 Å². The lowest BCUT2D eigenvalue weighted by atomic mass is 9.94. The van der Waals surface area contributed by atoms with Gasteiger partial charge < -0.3 is 20.8 Å². The Labute approximate surface area is 174 Å². The highest BCUT2D eigenvalue weighted by molar-refractivity contribution is 6.02. The molecule has 30 heavy (non-hydrogen) atoms. The summed E-state index contributed by atoms with van der Waals surface area (Å²) < 4.78 is 0. The second kappa shape index (κ2) is 7.55. The van der Waals surface area contributed by atoms with E-state index in [1.807, 2.05) is 36.4 Å². The average Bonchev–Trinajstić information content (AvgIpc) is 3.57. The van der Waals surface area contributed by atoms with E-state index in [1.165, 1.54) is 12.1 Å². The Morgan fingerprint density at radius 3 is 2.23 bits per heavy atom. The van der Waals surface area contributed by atoms with E-state index in [1.54, 1.807) is 25.2 Å². The zero-order chi connectivity index (χ0) is 21.3.